The fourth-order valence-corrected chi connectivity index (χ4v) is 1.73. The first-order chi connectivity index (χ1) is 9.38. The van der Waals surface area contributed by atoms with Crippen molar-refractivity contribution >= 4 is 6.08 Å². The largest absolute Gasteiger partial charge is 0.0840 e. The first kappa shape index (κ1) is 13.2. The average Bonchev–Trinajstić information content (AvgIpc) is 2.48. The molecule has 0 aliphatic rings. The minimum atomic E-state index is 1.05. The van der Waals surface area contributed by atoms with Crippen LogP contribution in [0, 0.1) is 11.8 Å². The molecule has 0 heterocycles. The van der Waals surface area contributed by atoms with Crippen LogP contribution in [0.5, 0.6) is 0 Å². The third-order valence-electron chi connectivity index (χ3n) is 2.80. The van der Waals surface area contributed by atoms with Crippen LogP contribution in [0.4, 0.5) is 0 Å². The van der Waals surface area contributed by atoms with Crippen LogP contribution in [0.1, 0.15) is 36.5 Å². The van der Waals surface area contributed by atoms with Crippen molar-refractivity contribution in [3.05, 3.63) is 77.4 Å². The van der Waals surface area contributed by atoms with Gasteiger partial charge in [0.1, 0.15) is 0 Å². The monoisotopic (exact) mass is 246 g/mol. The summed E-state index contributed by atoms with van der Waals surface area (Å²) >= 11 is 0. The molecule has 19 heavy (non-hydrogen) atoms. The summed E-state index contributed by atoms with van der Waals surface area (Å²) in [7, 11) is 0. The van der Waals surface area contributed by atoms with Crippen LogP contribution >= 0.6 is 0 Å². The lowest BCUT2D eigenvalue weighted by atomic mass is 10.1. The Morgan fingerprint density at radius 3 is 2.11 bits per heavy atom. The third kappa shape index (κ3) is 4.48. The molecule has 0 aliphatic heterocycles. The second-order valence-electron chi connectivity index (χ2n) is 4.43. The number of unbranched alkanes of at least 4 members (excludes halogenated alkanes) is 1. The Kier molecular flexibility index (Phi) is 5.02. The fourth-order valence-electron chi connectivity index (χ4n) is 1.73. The Balaban J connectivity index is 2.05. The topological polar surface area (TPSA) is 0 Å². The van der Waals surface area contributed by atoms with Crippen molar-refractivity contribution in [3.63, 3.8) is 0 Å². The Hall–Kier alpha value is -2.26. The molecule has 0 bridgehead atoms. The number of benzene rings is 2. The second kappa shape index (κ2) is 7.24. The highest BCUT2D eigenvalue weighted by molar-refractivity contribution is 5.52. The molecule has 0 fully saturated rings. The Morgan fingerprint density at radius 2 is 1.47 bits per heavy atom. The molecular weight excluding hydrogens is 228 g/mol. The normalized spacial score (nSPS) is 10.2. The van der Waals surface area contributed by atoms with Crippen LogP contribution < -0.4 is 0 Å². The summed E-state index contributed by atoms with van der Waals surface area (Å²) in [5.74, 6) is 6.35. The van der Waals surface area contributed by atoms with Gasteiger partial charge in [0, 0.05) is 11.1 Å². The van der Waals surface area contributed by atoms with Crippen molar-refractivity contribution < 1.29 is 0 Å². The van der Waals surface area contributed by atoms with E-state index < -0.39 is 0 Å². The van der Waals surface area contributed by atoms with Crippen LogP contribution in [-0.4, -0.2) is 0 Å². The Bertz CT molecular complexity index is 577. The van der Waals surface area contributed by atoms with E-state index in [4.69, 9.17) is 0 Å². The summed E-state index contributed by atoms with van der Waals surface area (Å²) in [6.45, 7) is 2.19. The molecular formula is C19H18. The van der Waals surface area contributed by atoms with Crippen LogP contribution in [0.25, 0.3) is 6.08 Å². The summed E-state index contributed by atoms with van der Waals surface area (Å²) in [6, 6.07) is 18.4. The van der Waals surface area contributed by atoms with Gasteiger partial charge >= 0.3 is 0 Å². The van der Waals surface area contributed by atoms with Gasteiger partial charge in [-0.05, 0) is 36.2 Å². The average molecular weight is 246 g/mol. The summed E-state index contributed by atoms with van der Waals surface area (Å²) in [6.07, 6.45) is 6.70. The molecule has 0 N–H and O–H groups in total. The molecule has 0 amide bonds. The summed E-state index contributed by atoms with van der Waals surface area (Å²) in [5.41, 5.74) is 3.34. The maximum atomic E-state index is 3.18. The number of allylic oxidation sites excluding steroid dienone is 1. The van der Waals surface area contributed by atoms with E-state index in [1.54, 1.807) is 0 Å². The van der Waals surface area contributed by atoms with E-state index in [-0.39, 0.29) is 0 Å². The molecule has 0 radical (unpaired) electrons. The molecule has 2 aromatic carbocycles. The lowest BCUT2D eigenvalue weighted by molar-refractivity contribution is 0.962. The van der Waals surface area contributed by atoms with Gasteiger partial charge in [0.2, 0.25) is 0 Å². The zero-order valence-electron chi connectivity index (χ0n) is 11.3. The van der Waals surface area contributed by atoms with Crippen molar-refractivity contribution in [2.24, 2.45) is 0 Å². The van der Waals surface area contributed by atoms with Crippen molar-refractivity contribution in [1.82, 2.24) is 0 Å². The highest BCUT2D eigenvalue weighted by Crippen LogP contribution is 2.06. The van der Waals surface area contributed by atoms with E-state index in [2.05, 4.69) is 55.2 Å². The first-order valence-electron chi connectivity index (χ1n) is 6.72. The van der Waals surface area contributed by atoms with Crippen molar-refractivity contribution in [1.29, 1.82) is 0 Å². The highest BCUT2D eigenvalue weighted by atomic mass is 13.9. The molecule has 0 aromatic heterocycles. The minimum Gasteiger partial charge on any atom is -0.0840 e. The van der Waals surface area contributed by atoms with Crippen LogP contribution in [-0.2, 0) is 0 Å². The van der Waals surface area contributed by atoms with E-state index >= 15 is 0 Å². The maximum Gasteiger partial charge on any atom is 0.0249 e. The van der Waals surface area contributed by atoms with Crippen LogP contribution in [0.2, 0.25) is 0 Å². The molecule has 0 unspecified atom stereocenters. The van der Waals surface area contributed by atoms with Crippen LogP contribution in [0.15, 0.2) is 60.7 Å². The number of rotatable bonds is 3. The lowest BCUT2D eigenvalue weighted by Crippen LogP contribution is -1.77. The predicted molar refractivity (Wildman–Crippen MR) is 82.8 cm³/mol. The number of hydrogen-bond acceptors (Lipinski definition) is 0. The SMILES string of the molecule is CCC/C=C/c1ccc(C#Cc2ccccc2)cc1. The van der Waals surface area contributed by atoms with Crippen molar-refractivity contribution in [3.8, 4) is 11.8 Å². The van der Waals surface area contributed by atoms with E-state index in [1.165, 1.54) is 12.0 Å². The summed E-state index contributed by atoms with van der Waals surface area (Å²) in [5, 5.41) is 0. The van der Waals surface area contributed by atoms with Gasteiger partial charge < -0.3 is 0 Å². The van der Waals surface area contributed by atoms with E-state index in [1.807, 2.05) is 30.3 Å². The molecule has 0 spiro atoms. The summed E-state index contributed by atoms with van der Waals surface area (Å²) < 4.78 is 0. The van der Waals surface area contributed by atoms with Gasteiger partial charge in [-0.1, -0.05) is 67.7 Å². The zero-order valence-corrected chi connectivity index (χ0v) is 11.3. The molecule has 0 saturated carbocycles. The quantitative estimate of drug-likeness (QED) is 0.676. The molecule has 0 saturated heterocycles. The van der Waals surface area contributed by atoms with Gasteiger partial charge in [-0.2, -0.15) is 0 Å². The highest BCUT2D eigenvalue weighted by Gasteiger charge is 1.88. The fraction of sp³-hybridized carbons (Fsp3) is 0.158. The van der Waals surface area contributed by atoms with Gasteiger partial charge in [-0.15, -0.1) is 0 Å². The predicted octanol–water partition coefficient (Wildman–Crippen LogP) is 4.90. The van der Waals surface area contributed by atoms with E-state index in [9.17, 15) is 0 Å². The third-order valence-corrected chi connectivity index (χ3v) is 2.80. The molecule has 94 valence electrons. The van der Waals surface area contributed by atoms with Gasteiger partial charge in [0.05, 0.1) is 0 Å². The van der Waals surface area contributed by atoms with Crippen LogP contribution in [0.3, 0.4) is 0 Å². The molecule has 0 aliphatic carbocycles. The minimum absolute atomic E-state index is 1.05. The second-order valence-corrected chi connectivity index (χ2v) is 4.43. The van der Waals surface area contributed by atoms with Gasteiger partial charge in [0.25, 0.3) is 0 Å². The molecule has 2 rings (SSSR count). The lowest BCUT2D eigenvalue weighted by Gasteiger charge is -1.94. The molecule has 0 heteroatoms. The Labute approximate surface area is 115 Å². The zero-order chi connectivity index (χ0) is 13.3. The molecule has 2 aromatic rings. The van der Waals surface area contributed by atoms with E-state index in [0.717, 1.165) is 17.5 Å². The number of hydrogen-bond donors (Lipinski definition) is 0. The van der Waals surface area contributed by atoms with Gasteiger partial charge in [-0.3, -0.25) is 0 Å². The Morgan fingerprint density at radius 1 is 0.842 bits per heavy atom. The van der Waals surface area contributed by atoms with Crippen molar-refractivity contribution in [2.45, 2.75) is 19.8 Å². The maximum absolute atomic E-state index is 3.18. The standard InChI is InChI=1S/C19H18/c1-2-3-5-8-18-12-15-19(16-13-18)14-11-17-9-6-4-7-10-17/h4-10,12-13,15-16H,2-3H2,1H3/b8-5+. The molecule has 0 atom stereocenters. The van der Waals surface area contributed by atoms with Gasteiger partial charge in [0.15, 0.2) is 0 Å². The smallest absolute Gasteiger partial charge is 0.0249 e. The first-order valence-corrected chi connectivity index (χ1v) is 6.72. The summed E-state index contributed by atoms with van der Waals surface area (Å²) in [4.78, 5) is 0. The van der Waals surface area contributed by atoms with Gasteiger partial charge in [-0.25, -0.2) is 0 Å². The molecule has 0 nitrogen and oxygen atoms in total. The van der Waals surface area contributed by atoms with Crippen molar-refractivity contribution in [2.75, 3.05) is 0 Å². The van der Waals surface area contributed by atoms with E-state index in [0.29, 0.717) is 0 Å².